The van der Waals surface area contributed by atoms with Gasteiger partial charge in [-0.15, -0.1) is 0 Å². The Kier molecular flexibility index (Phi) is 11.3. The van der Waals surface area contributed by atoms with Gasteiger partial charge in [0.1, 0.15) is 5.75 Å². The van der Waals surface area contributed by atoms with Crippen molar-refractivity contribution in [3.05, 3.63) is 124 Å². The summed E-state index contributed by atoms with van der Waals surface area (Å²) in [5, 5.41) is 6.06. The number of carbonyl (C=O) groups excluding carboxylic acids is 2. The molecular formula is C37H40N2O4. The fourth-order valence-corrected chi connectivity index (χ4v) is 4.66. The predicted molar refractivity (Wildman–Crippen MR) is 173 cm³/mol. The van der Waals surface area contributed by atoms with Crippen LogP contribution in [0.5, 0.6) is 5.75 Å². The minimum absolute atomic E-state index is 0.305. The first-order valence-corrected chi connectivity index (χ1v) is 14.9. The van der Waals surface area contributed by atoms with Crippen molar-refractivity contribution in [3.8, 4) is 16.9 Å². The van der Waals surface area contributed by atoms with Gasteiger partial charge in [0, 0.05) is 26.1 Å². The second kappa shape index (κ2) is 15.5. The van der Waals surface area contributed by atoms with Gasteiger partial charge in [0.15, 0.2) is 0 Å². The standard InChI is InChI=1S/C37H40N2O4/c1-5-7-27-11-17-31(18-12-27)36(40)42-24-23-29-9-15-30(16-10-29)33-21-22-35(34(25-33)26-38-39(3)4)43-37(41)32-19-13-28(8-6-2)14-20-32/h9-22,25-26H,5-8,23-24H2,1-4H3/b38-26+. The number of ether oxygens (including phenoxy) is 2. The highest BCUT2D eigenvalue weighted by atomic mass is 16.5. The quantitative estimate of drug-likeness (QED) is 0.0704. The summed E-state index contributed by atoms with van der Waals surface area (Å²) in [6.45, 7) is 4.57. The summed E-state index contributed by atoms with van der Waals surface area (Å²) in [5.74, 6) is -0.273. The summed E-state index contributed by atoms with van der Waals surface area (Å²) in [7, 11) is 3.67. The monoisotopic (exact) mass is 576 g/mol. The first-order chi connectivity index (χ1) is 20.9. The molecule has 6 heteroatoms. The highest BCUT2D eigenvalue weighted by Gasteiger charge is 2.13. The summed E-state index contributed by atoms with van der Waals surface area (Å²) < 4.78 is 11.3. The van der Waals surface area contributed by atoms with Gasteiger partial charge in [-0.2, -0.15) is 5.10 Å². The van der Waals surface area contributed by atoms with E-state index >= 15 is 0 Å². The topological polar surface area (TPSA) is 68.2 Å². The number of benzene rings is 4. The molecule has 0 aliphatic rings. The molecule has 4 aromatic rings. The van der Waals surface area contributed by atoms with Crippen LogP contribution in [-0.2, 0) is 24.0 Å². The molecule has 0 unspecified atom stereocenters. The molecule has 0 aliphatic carbocycles. The van der Waals surface area contributed by atoms with E-state index in [9.17, 15) is 9.59 Å². The van der Waals surface area contributed by atoms with Gasteiger partial charge in [-0.1, -0.05) is 81.3 Å². The Hall–Kier alpha value is -4.71. The van der Waals surface area contributed by atoms with E-state index < -0.39 is 5.97 Å². The highest BCUT2D eigenvalue weighted by Crippen LogP contribution is 2.27. The Bertz CT molecular complexity index is 1520. The zero-order valence-corrected chi connectivity index (χ0v) is 25.5. The van der Waals surface area contributed by atoms with Gasteiger partial charge in [-0.25, -0.2) is 9.59 Å². The Labute approximate surface area is 255 Å². The Morgan fingerprint density at radius 3 is 1.74 bits per heavy atom. The van der Waals surface area contributed by atoms with Gasteiger partial charge < -0.3 is 14.5 Å². The zero-order chi connectivity index (χ0) is 30.6. The molecule has 0 heterocycles. The average Bonchev–Trinajstić information content (AvgIpc) is 3.02. The molecule has 0 N–H and O–H groups in total. The van der Waals surface area contributed by atoms with Gasteiger partial charge >= 0.3 is 11.9 Å². The third kappa shape index (κ3) is 9.14. The van der Waals surface area contributed by atoms with Crippen LogP contribution in [0.2, 0.25) is 0 Å². The van der Waals surface area contributed by atoms with Gasteiger partial charge in [-0.3, -0.25) is 0 Å². The van der Waals surface area contributed by atoms with E-state index in [-0.39, 0.29) is 5.97 Å². The number of hydrogen-bond donors (Lipinski definition) is 0. The lowest BCUT2D eigenvalue weighted by atomic mass is 10.0. The second-order valence-electron chi connectivity index (χ2n) is 10.7. The van der Waals surface area contributed by atoms with E-state index in [0.717, 1.165) is 42.4 Å². The normalized spacial score (nSPS) is 11.0. The molecule has 222 valence electrons. The van der Waals surface area contributed by atoms with Crippen LogP contribution < -0.4 is 4.74 Å². The molecule has 0 spiro atoms. The van der Waals surface area contributed by atoms with E-state index in [1.807, 2.05) is 99.0 Å². The minimum Gasteiger partial charge on any atom is -0.462 e. The number of esters is 2. The van der Waals surface area contributed by atoms with E-state index in [0.29, 0.717) is 35.5 Å². The fourth-order valence-electron chi connectivity index (χ4n) is 4.66. The summed E-state index contributed by atoms with van der Waals surface area (Å²) in [6.07, 6.45) is 6.42. The lowest BCUT2D eigenvalue weighted by Crippen LogP contribution is -2.10. The lowest BCUT2D eigenvalue weighted by molar-refractivity contribution is 0.0509. The van der Waals surface area contributed by atoms with Crippen molar-refractivity contribution in [1.29, 1.82) is 0 Å². The molecule has 0 aliphatic heterocycles. The largest absolute Gasteiger partial charge is 0.462 e. The molecule has 0 fully saturated rings. The van der Waals surface area contributed by atoms with Crippen molar-refractivity contribution in [2.24, 2.45) is 5.10 Å². The average molecular weight is 577 g/mol. The minimum atomic E-state index is -0.408. The van der Waals surface area contributed by atoms with Crippen molar-refractivity contribution < 1.29 is 19.1 Å². The second-order valence-corrected chi connectivity index (χ2v) is 10.7. The Morgan fingerprint density at radius 2 is 1.19 bits per heavy atom. The Morgan fingerprint density at radius 1 is 0.674 bits per heavy atom. The van der Waals surface area contributed by atoms with Crippen LogP contribution in [-0.4, -0.2) is 43.9 Å². The van der Waals surface area contributed by atoms with Crippen molar-refractivity contribution in [1.82, 2.24) is 5.01 Å². The van der Waals surface area contributed by atoms with E-state index in [1.165, 1.54) is 11.1 Å². The third-order valence-corrected chi connectivity index (χ3v) is 7.01. The molecule has 0 bridgehead atoms. The molecule has 4 aromatic carbocycles. The maximum atomic E-state index is 12.9. The maximum absolute atomic E-state index is 12.9. The molecule has 0 amide bonds. The van der Waals surface area contributed by atoms with E-state index in [2.05, 4.69) is 18.9 Å². The first-order valence-electron chi connectivity index (χ1n) is 14.9. The molecule has 43 heavy (non-hydrogen) atoms. The smallest absolute Gasteiger partial charge is 0.343 e. The number of nitrogens with zero attached hydrogens (tertiary/aromatic N) is 2. The zero-order valence-electron chi connectivity index (χ0n) is 25.5. The maximum Gasteiger partial charge on any atom is 0.343 e. The van der Waals surface area contributed by atoms with Crippen LogP contribution in [0.3, 0.4) is 0 Å². The van der Waals surface area contributed by atoms with Crippen molar-refractivity contribution in [2.45, 2.75) is 46.0 Å². The number of hydrazone groups is 1. The van der Waals surface area contributed by atoms with Gasteiger partial charge in [0.25, 0.3) is 0 Å². The lowest BCUT2D eigenvalue weighted by Gasteiger charge is -2.12. The summed E-state index contributed by atoms with van der Waals surface area (Å²) >= 11 is 0. The summed E-state index contributed by atoms with van der Waals surface area (Å²) in [6, 6.07) is 29.0. The van der Waals surface area contributed by atoms with Crippen molar-refractivity contribution in [2.75, 3.05) is 20.7 Å². The molecule has 0 atom stereocenters. The van der Waals surface area contributed by atoms with Crippen LogP contribution >= 0.6 is 0 Å². The highest BCUT2D eigenvalue weighted by molar-refractivity contribution is 5.94. The molecule has 0 aromatic heterocycles. The summed E-state index contributed by atoms with van der Waals surface area (Å²) in [4.78, 5) is 25.3. The van der Waals surface area contributed by atoms with Crippen LogP contribution in [0.25, 0.3) is 11.1 Å². The number of aryl methyl sites for hydroxylation is 2. The van der Waals surface area contributed by atoms with Crippen LogP contribution in [0, 0.1) is 0 Å². The van der Waals surface area contributed by atoms with Crippen LogP contribution in [0.4, 0.5) is 0 Å². The summed E-state index contributed by atoms with van der Waals surface area (Å²) in [5.41, 5.74) is 7.24. The van der Waals surface area contributed by atoms with Crippen LogP contribution in [0.1, 0.15) is 69.7 Å². The number of carbonyl (C=O) groups is 2. The molecular weight excluding hydrogens is 536 g/mol. The SMILES string of the molecule is CCCc1ccc(C(=O)OCCc2ccc(-c3ccc(OC(=O)c4ccc(CCC)cc4)c(/C=N/N(C)C)c3)cc2)cc1. The Balaban J connectivity index is 1.40. The fraction of sp³-hybridized carbons (Fsp3) is 0.270. The number of hydrogen-bond acceptors (Lipinski definition) is 6. The molecule has 0 radical (unpaired) electrons. The van der Waals surface area contributed by atoms with Gasteiger partial charge in [0.05, 0.1) is 23.9 Å². The van der Waals surface area contributed by atoms with Gasteiger partial charge in [0.2, 0.25) is 0 Å². The van der Waals surface area contributed by atoms with Gasteiger partial charge in [-0.05, 0) is 77.1 Å². The van der Waals surface area contributed by atoms with Crippen molar-refractivity contribution in [3.63, 3.8) is 0 Å². The van der Waals surface area contributed by atoms with E-state index in [1.54, 1.807) is 17.3 Å². The first kappa shape index (κ1) is 31.2. The predicted octanol–water partition coefficient (Wildman–Crippen LogP) is 7.77. The van der Waals surface area contributed by atoms with Crippen LogP contribution in [0.15, 0.2) is 96.1 Å². The third-order valence-electron chi connectivity index (χ3n) is 7.01. The van der Waals surface area contributed by atoms with Crippen molar-refractivity contribution >= 4 is 18.2 Å². The van der Waals surface area contributed by atoms with E-state index in [4.69, 9.17) is 9.47 Å². The number of rotatable bonds is 13. The molecule has 6 nitrogen and oxygen atoms in total. The molecule has 4 rings (SSSR count). The molecule has 0 saturated carbocycles. The molecule has 0 saturated heterocycles.